The summed E-state index contributed by atoms with van der Waals surface area (Å²) in [5, 5.41) is 6.75. The quantitative estimate of drug-likeness (QED) is 0.833. The number of hydrogen-bond donors (Lipinski definition) is 1. The van der Waals surface area contributed by atoms with Crippen molar-refractivity contribution in [3.05, 3.63) is 16.1 Å². The lowest BCUT2D eigenvalue weighted by Gasteiger charge is -2.06. The fraction of sp³-hybridized carbons (Fsp3) is 0.727. The Hall–Kier alpha value is -0.450. The lowest BCUT2D eigenvalue weighted by Crippen LogP contribution is -2.23. The van der Waals surface area contributed by atoms with Gasteiger partial charge >= 0.3 is 0 Å². The molecular formula is C11H18N2OS. The maximum atomic E-state index is 5.34. The Bertz CT molecular complexity index is 295. The van der Waals surface area contributed by atoms with E-state index >= 15 is 0 Å². The largest absolute Gasteiger partial charge is 0.375 e. The Morgan fingerprint density at radius 3 is 3.33 bits per heavy atom. The third kappa shape index (κ3) is 3.26. The zero-order valence-corrected chi connectivity index (χ0v) is 9.98. The number of thiazole rings is 1. The van der Waals surface area contributed by atoms with E-state index in [0.29, 0.717) is 12.6 Å². The fourth-order valence-electron chi connectivity index (χ4n) is 1.88. The molecule has 1 aliphatic heterocycles. The van der Waals surface area contributed by atoms with Gasteiger partial charge in [0, 0.05) is 24.4 Å². The van der Waals surface area contributed by atoms with E-state index in [0.717, 1.165) is 18.0 Å². The van der Waals surface area contributed by atoms with Gasteiger partial charge in [-0.2, -0.15) is 0 Å². The number of hydrogen-bond acceptors (Lipinski definition) is 4. The molecule has 84 valence electrons. The van der Waals surface area contributed by atoms with E-state index in [2.05, 4.69) is 15.7 Å². The summed E-state index contributed by atoms with van der Waals surface area (Å²) in [5.74, 6) is 0. The summed E-state index contributed by atoms with van der Waals surface area (Å²) in [6, 6.07) is 0.645. The van der Waals surface area contributed by atoms with Gasteiger partial charge in [-0.15, -0.1) is 11.3 Å². The lowest BCUT2D eigenvalue weighted by molar-refractivity contribution is 0.133. The molecule has 0 saturated carbocycles. The molecule has 1 fully saturated rings. The van der Waals surface area contributed by atoms with Gasteiger partial charge in [0.05, 0.1) is 12.3 Å². The van der Waals surface area contributed by atoms with Crippen LogP contribution in [-0.4, -0.2) is 24.2 Å². The van der Waals surface area contributed by atoms with Gasteiger partial charge in [0.1, 0.15) is 5.01 Å². The van der Waals surface area contributed by atoms with Gasteiger partial charge in [-0.05, 0) is 26.3 Å². The molecule has 15 heavy (non-hydrogen) atoms. The molecule has 1 saturated heterocycles. The van der Waals surface area contributed by atoms with Crippen LogP contribution in [0, 0.1) is 0 Å². The summed E-state index contributed by atoms with van der Waals surface area (Å²) in [6.07, 6.45) is 3.67. The Morgan fingerprint density at radius 2 is 2.60 bits per heavy atom. The number of aromatic nitrogens is 1. The third-order valence-corrected chi connectivity index (χ3v) is 3.52. The van der Waals surface area contributed by atoms with Gasteiger partial charge in [0.25, 0.3) is 0 Å². The molecule has 0 amide bonds. The van der Waals surface area contributed by atoms with E-state index in [9.17, 15) is 0 Å². The minimum absolute atomic E-state index is 0.645. The molecule has 4 heteroatoms. The van der Waals surface area contributed by atoms with E-state index in [4.69, 9.17) is 4.74 Å². The van der Waals surface area contributed by atoms with Crippen molar-refractivity contribution in [3.63, 3.8) is 0 Å². The normalized spacial score (nSPS) is 21.0. The smallest absolute Gasteiger partial charge is 0.119 e. The molecular weight excluding hydrogens is 208 g/mol. The Kier molecular flexibility index (Phi) is 4.11. The maximum absolute atomic E-state index is 5.34. The van der Waals surface area contributed by atoms with Gasteiger partial charge in [-0.25, -0.2) is 4.98 Å². The van der Waals surface area contributed by atoms with Crippen LogP contribution in [-0.2, 0) is 17.8 Å². The van der Waals surface area contributed by atoms with E-state index in [1.807, 2.05) is 6.92 Å². The van der Waals surface area contributed by atoms with E-state index in [1.54, 1.807) is 11.3 Å². The Balaban J connectivity index is 1.83. The molecule has 3 nitrogen and oxygen atoms in total. The first-order chi connectivity index (χ1) is 7.38. The zero-order chi connectivity index (χ0) is 10.5. The van der Waals surface area contributed by atoms with Crippen molar-refractivity contribution in [2.45, 2.75) is 38.8 Å². The summed E-state index contributed by atoms with van der Waals surface area (Å²) >= 11 is 1.71. The van der Waals surface area contributed by atoms with Crippen LogP contribution in [0.15, 0.2) is 5.38 Å². The minimum Gasteiger partial charge on any atom is -0.375 e. The molecule has 1 N–H and O–H groups in total. The molecule has 0 spiro atoms. The highest BCUT2D eigenvalue weighted by molar-refractivity contribution is 7.09. The summed E-state index contributed by atoms with van der Waals surface area (Å²) in [5.41, 5.74) is 1.22. The lowest BCUT2D eigenvalue weighted by atomic mass is 10.1. The fourth-order valence-corrected chi connectivity index (χ4v) is 2.62. The molecule has 0 aromatic carbocycles. The summed E-state index contributed by atoms with van der Waals surface area (Å²) in [4.78, 5) is 4.56. The van der Waals surface area contributed by atoms with Gasteiger partial charge in [-0.3, -0.25) is 0 Å². The molecule has 0 aliphatic carbocycles. The van der Waals surface area contributed by atoms with Crippen molar-refractivity contribution >= 4 is 11.3 Å². The highest BCUT2D eigenvalue weighted by atomic mass is 32.1. The van der Waals surface area contributed by atoms with E-state index in [-0.39, 0.29) is 0 Å². The second kappa shape index (κ2) is 5.58. The highest BCUT2D eigenvalue weighted by Crippen LogP contribution is 2.15. The average Bonchev–Trinajstić information content (AvgIpc) is 2.87. The van der Waals surface area contributed by atoms with Gasteiger partial charge in [-0.1, -0.05) is 0 Å². The van der Waals surface area contributed by atoms with Crippen molar-refractivity contribution in [2.75, 3.05) is 13.2 Å². The van der Waals surface area contributed by atoms with Gasteiger partial charge < -0.3 is 10.1 Å². The van der Waals surface area contributed by atoms with Gasteiger partial charge in [0.2, 0.25) is 0 Å². The highest BCUT2D eigenvalue weighted by Gasteiger charge is 2.15. The first kappa shape index (κ1) is 11.0. The molecule has 1 unspecified atom stereocenters. The van der Waals surface area contributed by atoms with Crippen LogP contribution in [0.25, 0.3) is 0 Å². The van der Waals surface area contributed by atoms with Crippen LogP contribution in [0.1, 0.15) is 30.5 Å². The summed E-state index contributed by atoms with van der Waals surface area (Å²) in [7, 11) is 0. The Morgan fingerprint density at radius 1 is 1.67 bits per heavy atom. The van der Waals surface area contributed by atoms with E-state index < -0.39 is 0 Å². The summed E-state index contributed by atoms with van der Waals surface area (Å²) in [6.45, 7) is 4.61. The predicted molar refractivity (Wildman–Crippen MR) is 62.2 cm³/mol. The number of rotatable bonds is 5. The number of ether oxygens (including phenoxy) is 1. The molecule has 1 aliphatic rings. The maximum Gasteiger partial charge on any atom is 0.119 e. The van der Waals surface area contributed by atoms with Gasteiger partial charge in [0.15, 0.2) is 0 Å². The minimum atomic E-state index is 0.645. The van der Waals surface area contributed by atoms with Crippen LogP contribution in [0.4, 0.5) is 0 Å². The second-order valence-electron chi connectivity index (χ2n) is 3.87. The molecule has 1 aromatic heterocycles. The Labute approximate surface area is 94.9 Å². The van der Waals surface area contributed by atoms with Crippen LogP contribution in [0.3, 0.4) is 0 Å². The van der Waals surface area contributed by atoms with E-state index in [1.165, 1.54) is 25.1 Å². The SMILES string of the molecule is CCOCc1nc(CC2CCCN2)cs1. The first-order valence-corrected chi connectivity index (χ1v) is 6.51. The van der Waals surface area contributed by atoms with Crippen LogP contribution >= 0.6 is 11.3 Å². The monoisotopic (exact) mass is 226 g/mol. The number of nitrogens with zero attached hydrogens (tertiary/aromatic N) is 1. The molecule has 1 atom stereocenters. The van der Waals surface area contributed by atoms with Crippen molar-refractivity contribution < 1.29 is 4.74 Å². The molecule has 2 heterocycles. The topological polar surface area (TPSA) is 34.1 Å². The van der Waals surface area contributed by atoms with Crippen molar-refractivity contribution in [1.82, 2.24) is 10.3 Å². The predicted octanol–water partition coefficient (Wildman–Crippen LogP) is 1.97. The van der Waals surface area contributed by atoms with Crippen LogP contribution in [0.5, 0.6) is 0 Å². The van der Waals surface area contributed by atoms with Crippen molar-refractivity contribution in [2.24, 2.45) is 0 Å². The third-order valence-electron chi connectivity index (χ3n) is 2.65. The molecule has 0 bridgehead atoms. The van der Waals surface area contributed by atoms with Crippen molar-refractivity contribution in [3.8, 4) is 0 Å². The molecule has 1 aromatic rings. The summed E-state index contributed by atoms with van der Waals surface area (Å²) < 4.78 is 5.34. The average molecular weight is 226 g/mol. The zero-order valence-electron chi connectivity index (χ0n) is 9.16. The van der Waals surface area contributed by atoms with Crippen LogP contribution < -0.4 is 5.32 Å². The molecule has 0 radical (unpaired) electrons. The van der Waals surface area contributed by atoms with Crippen molar-refractivity contribution in [1.29, 1.82) is 0 Å². The first-order valence-electron chi connectivity index (χ1n) is 5.63. The van der Waals surface area contributed by atoms with Crippen LogP contribution in [0.2, 0.25) is 0 Å². The number of nitrogens with one attached hydrogen (secondary N) is 1. The second-order valence-corrected chi connectivity index (χ2v) is 4.81. The standard InChI is InChI=1S/C11H18N2OS/c1-2-14-7-11-13-10(8-15-11)6-9-4-3-5-12-9/h8-9,12H,2-7H2,1H3. The molecule has 2 rings (SSSR count).